The van der Waals surface area contributed by atoms with E-state index in [2.05, 4.69) is 37.1 Å². The Hall–Kier alpha value is -4.19. The van der Waals surface area contributed by atoms with Gasteiger partial charge in [0.25, 0.3) is 5.91 Å². The minimum Gasteiger partial charge on any atom is -0.394 e. The van der Waals surface area contributed by atoms with Crippen LogP contribution in [0.15, 0.2) is 43.1 Å². The lowest BCUT2D eigenvalue weighted by molar-refractivity contribution is 0.0502. The van der Waals surface area contributed by atoms with Crippen LogP contribution in [0.2, 0.25) is 0 Å². The van der Waals surface area contributed by atoms with Gasteiger partial charge < -0.3 is 24.8 Å². The number of benzene rings is 1. The molecular formula is C30H34F2N8O2. The summed E-state index contributed by atoms with van der Waals surface area (Å²) in [7, 11) is 0. The van der Waals surface area contributed by atoms with Gasteiger partial charge in [0.15, 0.2) is 5.82 Å². The van der Waals surface area contributed by atoms with Gasteiger partial charge in [-0.25, -0.2) is 28.7 Å². The predicted octanol–water partition coefficient (Wildman–Crippen LogP) is 4.63. The number of rotatable bonds is 7. The molecule has 12 heteroatoms. The topological polar surface area (TPSA) is 112 Å². The molecule has 4 aromatic rings. The number of hydrogen-bond donors (Lipinski definition) is 2. The highest BCUT2D eigenvalue weighted by Gasteiger charge is 2.28. The molecule has 0 saturated carbocycles. The molecule has 1 amide bonds. The van der Waals surface area contributed by atoms with E-state index in [1.54, 1.807) is 4.90 Å². The Balaban J connectivity index is 1.19. The van der Waals surface area contributed by atoms with E-state index in [4.69, 9.17) is 0 Å². The number of fused-ring (bicyclic) bond motifs is 1. The molecule has 2 aliphatic rings. The Bertz CT molecular complexity index is 1570. The van der Waals surface area contributed by atoms with Crippen LogP contribution in [0.25, 0.3) is 11.0 Å². The summed E-state index contributed by atoms with van der Waals surface area (Å²) in [6.07, 6.45) is 11.4. The minimum absolute atomic E-state index is 0.0190. The fraction of sp³-hybridized carbons (Fsp3) is 0.433. The van der Waals surface area contributed by atoms with Crippen molar-refractivity contribution in [1.29, 1.82) is 0 Å². The van der Waals surface area contributed by atoms with Gasteiger partial charge in [0, 0.05) is 49.8 Å². The maximum Gasteiger partial charge on any atom is 0.254 e. The number of anilines is 3. The number of halogens is 2. The number of carbonyl (C=O) groups is 1. The highest BCUT2D eigenvalue weighted by Crippen LogP contribution is 2.33. The van der Waals surface area contributed by atoms with Gasteiger partial charge in [-0.2, -0.15) is 0 Å². The average Bonchev–Trinajstić information content (AvgIpc) is 3.38. The molecule has 2 fully saturated rings. The SMILES string of the molecule is CCc1cnc(N2CCC(n3cc(F)c4c(Nc5ccc(C(=O)N6CCCC[C@@H]6CO)cc5F)ncnc43)CC2)nc1. The summed E-state index contributed by atoms with van der Waals surface area (Å²) in [6.45, 7) is 3.92. The second kappa shape index (κ2) is 12.0. The Morgan fingerprint density at radius 2 is 1.81 bits per heavy atom. The maximum atomic E-state index is 15.3. The summed E-state index contributed by atoms with van der Waals surface area (Å²) in [6, 6.07) is 3.91. The highest BCUT2D eigenvalue weighted by atomic mass is 19.1. The van der Waals surface area contributed by atoms with E-state index in [1.165, 1.54) is 30.7 Å². The summed E-state index contributed by atoms with van der Waals surface area (Å²) < 4.78 is 32.4. The number of carbonyl (C=O) groups excluding carboxylic acids is 1. The number of amides is 1. The lowest BCUT2D eigenvalue weighted by Gasteiger charge is -2.34. The summed E-state index contributed by atoms with van der Waals surface area (Å²) >= 11 is 0. The van der Waals surface area contributed by atoms with Crippen LogP contribution in [-0.2, 0) is 6.42 Å². The Morgan fingerprint density at radius 3 is 2.52 bits per heavy atom. The van der Waals surface area contributed by atoms with Crippen molar-refractivity contribution in [2.24, 2.45) is 0 Å². The van der Waals surface area contributed by atoms with Gasteiger partial charge in [0.1, 0.15) is 23.6 Å². The zero-order chi connectivity index (χ0) is 29.2. The first kappa shape index (κ1) is 28.0. The summed E-state index contributed by atoms with van der Waals surface area (Å²) in [5.74, 6) is -0.635. The van der Waals surface area contributed by atoms with Crippen molar-refractivity contribution in [3.63, 3.8) is 0 Å². The number of aromatic nitrogens is 5. The van der Waals surface area contributed by atoms with Crippen LogP contribution in [0.4, 0.5) is 26.2 Å². The van der Waals surface area contributed by atoms with Crippen molar-refractivity contribution >= 4 is 34.4 Å². The van der Waals surface area contributed by atoms with Crippen LogP contribution < -0.4 is 10.2 Å². The summed E-state index contributed by atoms with van der Waals surface area (Å²) in [4.78, 5) is 34.3. The second-order valence-corrected chi connectivity index (χ2v) is 10.9. The van der Waals surface area contributed by atoms with Crippen molar-refractivity contribution in [2.75, 3.05) is 36.5 Å². The number of nitrogens with zero attached hydrogens (tertiary/aromatic N) is 7. The fourth-order valence-corrected chi connectivity index (χ4v) is 5.95. The third-order valence-electron chi connectivity index (χ3n) is 8.37. The van der Waals surface area contributed by atoms with E-state index < -0.39 is 11.6 Å². The van der Waals surface area contributed by atoms with Crippen LogP contribution in [0.1, 0.15) is 61.0 Å². The third-order valence-corrected chi connectivity index (χ3v) is 8.37. The molecule has 6 rings (SSSR count). The molecule has 2 N–H and O–H groups in total. The van der Waals surface area contributed by atoms with Crippen LogP contribution >= 0.6 is 0 Å². The van der Waals surface area contributed by atoms with Gasteiger partial charge in [0.05, 0.1) is 23.7 Å². The molecule has 42 heavy (non-hydrogen) atoms. The van der Waals surface area contributed by atoms with Crippen molar-refractivity contribution in [3.8, 4) is 0 Å². The second-order valence-electron chi connectivity index (χ2n) is 10.9. The molecule has 0 radical (unpaired) electrons. The number of piperidine rings is 2. The molecule has 220 valence electrons. The normalized spacial score (nSPS) is 18.0. The van der Waals surface area contributed by atoms with Crippen LogP contribution in [0.5, 0.6) is 0 Å². The predicted molar refractivity (Wildman–Crippen MR) is 155 cm³/mol. The minimum atomic E-state index is -0.661. The molecule has 3 aromatic heterocycles. The highest BCUT2D eigenvalue weighted by molar-refractivity contribution is 5.95. The van der Waals surface area contributed by atoms with Gasteiger partial charge >= 0.3 is 0 Å². The number of hydrogen-bond acceptors (Lipinski definition) is 8. The molecule has 2 aliphatic heterocycles. The van der Waals surface area contributed by atoms with Crippen molar-refractivity contribution in [3.05, 3.63) is 65.9 Å². The summed E-state index contributed by atoms with van der Waals surface area (Å²) in [5.41, 5.74) is 1.78. The van der Waals surface area contributed by atoms with Gasteiger partial charge in [-0.1, -0.05) is 6.92 Å². The Morgan fingerprint density at radius 1 is 1.02 bits per heavy atom. The van der Waals surface area contributed by atoms with E-state index in [1.807, 2.05) is 17.0 Å². The average molecular weight is 577 g/mol. The number of nitrogens with one attached hydrogen (secondary N) is 1. The monoisotopic (exact) mass is 576 g/mol. The van der Waals surface area contributed by atoms with Crippen LogP contribution in [0, 0.1) is 11.6 Å². The van der Waals surface area contributed by atoms with E-state index >= 15 is 8.78 Å². The molecule has 0 spiro atoms. The molecule has 1 atom stereocenters. The largest absolute Gasteiger partial charge is 0.394 e. The number of likely N-dealkylation sites (tertiary alicyclic amines) is 1. The Labute approximate surface area is 242 Å². The standard InChI is InChI=1S/C30H34F2N8O2/c1-2-19-14-33-30(34-15-19)38-11-8-21(9-12-38)40-16-24(32)26-27(35-18-36-28(26)40)37-25-7-6-20(13-23(25)31)29(42)39-10-4-3-5-22(39)17-41/h6-7,13-16,18,21-22,41H,2-5,8-12,17H2,1H3,(H,35,36,37)/t22-/m1/s1. The first-order valence-electron chi connectivity index (χ1n) is 14.5. The molecule has 0 unspecified atom stereocenters. The van der Waals surface area contributed by atoms with Crippen LogP contribution in [-0.4, -0.2) is 72.7 Å². The quantitative estimate of drug-likeness (QED) is 0.328. The molecule has 0 bridgehead atoms. The summed E-state index contributed by atoms with van der Waals surface area (Å²) in [5, 5.41) is 12.7. The Kier molecular flexibility index (Phi) is 7.96. The van der Waals surface area contributed by atoms with Gasteiger partial charge in [-0.3, -0.25) is 4.79 Å². The lowest BCUT2D eigenvalue weighted by Crippen LogP contribution is -2.45. The molecular weight excluding hydrogens is 542 g/mol. The van der Waals surface area contributed by atoms with Gasteiger partial charge in [-0.05, 0) is 62.3 Å². The molecule has 0 aliphatic carbocycles. The van der Waals surface area contributed by atoms with Gasteiger partial charge in [-0.15, -0.1) is 0 Å². The van der Waals surface area contributed by atoms with Crippen molar-refractivity contribution in [2.45, 2.75) is 57.5 Å². The first-order valence-corrected chi connectivity index (χ1v) is 14.5. The molecule has 5 heterocycles. The number of aryl methyl sites for hydroxylation is 1. The smallest absolute Gasteiger partial charge is 0.254 e. The van der Waals surface area contributed by atoms with E-state index in [0.717, 1.165) is 57.2 Å². The number of aliphatic hydroxyl groups is 1. The van der Waals surface area contributed by atoms with E-state index in [-0.39, 0.29) is 47.1 Å². The lowest BCUT2D eigenvalue weighted by atomic mass is 10.0. The number of aliphatic hydroxyl groups excluding tert-OH is 1. The molecule has 1 aromatic carbocycles. The van der Waals surface area contributed by atoms with E-state index in [0.29, 0.717) is 18.1 Å². The van der Waals surface area contributed by atoms with Gasteiger partial charge in [0.2, 0.25) is 5.95 Å². The zero-order valence-electron chi connectivity index (χ0n) is 23.5. The maximum absolute atomic E-state index is 15.3. The van der Waals surface area contributed by atoms with E-state index in [9.17, 15) is 9.90 Å². The molecule has 10 nitrogen and oxygen atoms in total. The fourth-order valence-electron chi connectivity index (χ4n) is 5.95. The van der Waals surface area contributed by atoms with Crippen molar-refractivity contribution in [1.82, 2.24) is 29.4 Å². The van der Waals surface area contributed by atoms with Crippen molar-refractivity contribution < 1.29 is 18.7 Å². The zero-order valence-corrected chi connectivity index (χ0v) is 23.5. The van der Waals surface area contributed by atoms with Crippen LogP contribution in [0.3, 0.4) is 0 Å². The molecule has 2 saturated heterocycles. The third kappa shape index (κ3) is 5.38. The first-order chi connectivity index (χ1) is 20.5.